The number of aromatic amines is 1. The fourth-order valence-corrected chi connectivity index (χ4v) is 2.93. The van der Waals surface area contributed by atoms with E-state index in [2.05, 4.69) is 16.6 Å². The Morgan fingerprint density at radius 2 is 1.96 bits per heavy atom. The number of para-hydroxylation sites is 1. The first-order valence-electron chi connectivity index (χ1n) is 8.49. The van der Waals surface area contributed by atoms with Crippen molar-refractivity contribution in [2.45, 2.75) is 20.8 Å². The zero-order chi connectivity index (χ0) is 19.1. The number of hydrogen-bond acceptors (Lipinski definition) is 3. The van der Waals surface area contributed by atoms with Crippen LogP contribution in [0.2, 0.25) is 0 Å². The average molecular weight is 348 g/mol. The SMILES string of the molecule is C=C(C=Nc1c(N)c(C(=O)C(C)(C)C)cn1C)c1c[nH]c2ccccc12. The normalized spacial score (nSPS) is 12.2. The molecular weight excluding hydrogens is 324 g/mol. The first-order valence-corrected chi connectivity index (χ1v) is 8.49. The molecule has 0 unspecified atom stereocenters. The molecule has 0 radical (unpaired) electrons. The summed E-state index contributed by atoms with van der Waals surface area (Å²) in [5.74, 6) is 0.557. The molecule has 3 aromatic rings. The van der Waals surface area contributed by atoms with Gasteiger partial charge < -0.3 is 15.3 Å². The number of aromatic nitrogens is 2. The third kappa shape index (κ3) is 3.08. The lowest BCUT2D eigenvalue weighted by Crippen LogP contribution is -2.20. The number of nitrogen functional groups attached to an aromatic ring is 1. The van der Waals surface area contributed by atoms with Crippen molar-refractivity contribution in [1.82, 2.24) is 9.55 Å². The standard InChI is InChI=1S/C21H24N4O/c1-13(15-11-23-17-9-7-6-8-14(15)17)10-24-20-18(22)16(12-25(20)5)19(26)21(2,3)4/h6-12,23H,1,22H2,2-5H3. The van der Waals surface area contributed by atoms with E-state index in [-0.39, 0.29) is 5.78 Å². The van der Waals surface area contributed by atoms with Crippen LogP contribution in [-0.2, 0) is 7.05 Å². The molecule has 134 valence electrons. The number of fused-ring (bicyclic) bond motifs is 1. The van der Waals surface area contributed by atoms with Crippen molar-refractivity contribution in [2.75, 3.05) is 5.73 Å². The number of ketones is 1. The van der Waals surface area contributed by atoms with E-state index in [1.165, 1.54) is 0 Å². The molecule has 0 aliphatic carbocycles. The van der Waals surface area contributed by atoms with Crippen molar-refractivity contribution >= 4 is 40.0 Å². The fourth-order valence-electron chi connectivity index (χ4n) is 2.93. The van der Waals surface area contributed by atoms with Crippen molar-refractivity contribution in [3.8, 4) is 0 Å². The number of Topliss-reactive ketones (excluding diaryl/α,β-unsaturated/α-hetero) is 1. The van der Waals surface area contributed by atoms with Crippen molar-refractivity contribution in [2.24, 2.45) is 17.5 Å². The van der Waals surface area contributed by atoms with Gasteiger partial charge in [0.05, 0.1) is 11.3 Å². The summed E-state index contributed by atoms with van der Waals surface area (Å²) in [5, 5.41) is 1.09. The molecule has 3 rings (SSSR count). The molecular formula is C21H24N4O. The van der Waals surface area contributed by atoms with Crippen LogP contribution in [0.3, 0.4) is 0 Å². The molecule has 0 amide bonds. The summed E-state index contributed by atoms with van der Waals surface area (Å²) in [4.78, 5) is 20.3. The molecule has 5 nitrogen and oxygen atoms in total. The molecule has 0 spiro atoms. The van der Waals surface area contributed by atoms with Crippen molar-refractivity contribution < 1.29 is 4.79 Å². The molecule has 26 heavy (non-hydrogen) atoms. The van der Waals surface area contributed by atoms with Crippen LogP contribution in [0.1, 0.15) is 36.7 Å². The van der Waals surface area contributed by atoms with Crippen LogP contribution in [0.5, 0.6) is 0 Å². The van der Waals surface area contributed by atoms with Gasteiger partial charge in [-0.1, -0.05) is 45.5 Å². The Balaban J connectivity index is 1.93. The molecule has 0 atom stereocenters. The number of rotatable bonds is 4. The number of benzene rings is 1. The molecule has 0 aliphatic rings. The zero-order valence-electron chi connectivity index (χ0n) is 15.6. The maximum absolute atomic E-state index is 12.6. The van der Waals surface area contributed by atoms with E-state index in [1.807, 2.05) is 58.3 Å². The Morgan fingerprint density at radius 3 is 2.65 bits per heavy atom. The number of allylic oxidation sites excluding steroid dienone is 1. The number of aliphatic imine (C=N–C) groups is 1. The zero-order valence-corrected chi connectivity index (χ0v) is 15.6. The number of aryl methyl sites for hydroxylation is 1. The van der Waals surface area contributed by atoms with Crippen LogP contribution in [0.25, 0.3) is 16.5 Å². The Kier molecular flexibility index (Phi) is 4.32. The van der Waals surface area contributed by atoms with Gasteiger partial charge in [0.25, 0.3) is 0 Å². The second kappa shape index (κ2) is 6.33. The van der Waals surface area contributed by atoms with Crippen molar-refractivity contribution in [3.05, 3.63) is 54.4 Å². The lowest BCUT2D eigenvalue weighted by atomic mass is 9.87. The highest BCUT2D eigenvalue weighted by molar-refractivity contribution is 6.15. The lowest BCUT2D eigenvalue weighted by molar-refractivity contribution is 0.0859. The van der Waals surface area contributed by atoms with E-state index in [0.29, 0.717) is 17.1 Å². The number of carbonyl (C=O) groups is 1. The topological polar surface area (TPSA) is 76.2 Å². The highest BCUT2D eigenvalue weighted by Crippen LogP contribution is 2.33. The van der Waals surface area contributed by atoms with Gasteiger partial charge in [0.1, 0.15) is 0 Å². The highest BCUT2D eigenvalue weighted by atomic mass is 16.1. The summed E-state index contributed by atoms with van der Waals surface area (Å²) in [7, 11) is 1.83. The van der Waals surface area contributed by atoms with Gasteiger partial charge in [0.2, 0.25) is 0 Å². The van der Waals surface area contributed by atoms with Gasteiger partial charge in [0.15, 0.2) is 11.6 Å². The summed E-state index contributed by atoms with van der Waals surface area (Å²) in [6, 6.07) is 8.03. The average Bonchev–Trinajstić information content (AvgIpc) is 3.13. The molecule has 2 aromatic heterocycles. The molecule has 0 bridgehead atoms. The predicted molar refractivity (Wildman–Crippen MR) is 109 cm³/mol. The Bertz CT molecular complexity index is 1030. The van der Waals surface area contributed by atoms with Crippen LogP contribution in [0, 0.1) is 5.41 Å². The summed E-state index contributed by atoms with van der Waals surface area (Å²) in [6.45, 7) is 9.75. The van der Waals surface area contributed by atoms with E-state index in [0.717, 1.165) is 22.0 Å². The smallest absolute Gasteiger partial charge is 0.171 e. The van der Waals surface area contributed by atoms with Crippen molar-refractivity contribution in [3.63, 3.8) is 0 Å². The maximum atomic E-state index is 12.6. The number of hydrogen-bond donors (Lipinski definition) is 2. The van der Waals surface area contributed by atoms with Crippen LogP contribution in [0.4, 0.5) is 11.5 Å². The lowest BCUT2D eigenvalue weighted by Gasteiger charge is -2.15. The van der Waals surface area contributed by atoms with Gasteiger partial charge in [-0.05, 0) is 11.6 Å². The number of anilines is 1. The third-order valence-corrected chi connectivity index (χ3v) is 4.39. The van der Waals surface area contributed by atoms with Gasteiger partial charge in [-0.2, -0.15) is 0 Å². The Labute approximate surface area is 153 Å². The predicted octanol–water partition coefficient (Wildman–Crippen LogP) is 4.73. The van der Waals surface area contributed by atoms with Gasteiger partial charge in [-0.25, -0.2) is 4.99 Å². The summed E-state index contributed by atoms with van der Waals surface area (Å²) < 4.78 is 1.77. The quantitative estimate of drug-likeness (QED) is 0.528. The summed E-state index contributed by atoms with van der Waals surface area (Å²) >= 11 is 0. The summed E-state index contributed by atoms with van der Waals surface area (Å²) in [5.41, 5.74) is 9.42. The van der Waals surface area contributed by atoms with Crippen LogP contribution >= 0.6 is 0 Å². The number of nitrogens with one attached hydrogen (secondary N) is 1. The number of H-pyrrole nitrogens is 1. The minimum Gasteiger partial charge on any atom is -0.395 e. The van der Waals surface area contributed by atoms with Crippen LogP contribution in [-0.4, -0.2) is 21.5 Å². The first kappa shape index (κ1) is 17.7. The minimum atomic E-state index is -0.496. The number of nitrogens with zero attached hydrogens (tertiary/aromatic N) is 2. The summed E-state index contributed by atoms with van der Waals surface area (Å²) in [6.07, 6.45) is 5.35. The molecule has 0 saturated heterocycles. The van der Waals surface area contributed by atoms with E-state index in [4.69, 9.17) is 5.73 Å². The first-order chi connectivity index (χ1) is 12.2. The van der Waals surface area contributed by atoms with E-state index in [1.54, 1.807) is 17.0 Å². The Morgan fingerprint density at radius 1 is 1.27 bits per heavy atom. The molecule has 1 aromatic carbocycles. The highest BCUT2D eigenvalue weighted by Gasteiger charge is 2.27. The molecule has 5 heteroatoms. The monoisotopic (exact) mass is 348 g/mol. The van der Waals surface area contributed by atoms with Crippen LogP contribution in [0.15, 0.2) is 48.2 Å². The second-order valence-corrected chi connectivity index (χ2v) is 7.50. The number of carbonyl (C=O) groups excluding carboxylic acids is 1. The van der Waals surface area contributed by atoms with Gasteiger partial charge >= 0.3 is 0 Å². The molecule has 3 N–H and O–H groups in total. The Hall–Kier alpha value is -3.08. The minimum absolute atomic E-state index is 0.00232. The van der Waals surface area contributed by atoms with Gasteiger partial charge in [-0.15, -0.1) is 0 Å². The molecule has 2 heterocycles. The third-order valence-electron chi connectivity index (χ3n) is 4.39. The van der Waals surface area contributed by atoms with Crippen molar-refractivity contribution in [1.29, 1.82) is 0 Å². The largest absolute Gasteiger partial charge is 0.395 e. The second-order valence-electron chi connectivity index (χ2n) is 7.50. The van der Waals surface area contributed by atoms with Crippen LogP contribution < -0.4 is 5.73 Å². The van der Waals surface area contributed by atoms with Gasteiger partial charge in [-0.3, -0.25) is 4.79 Å². The van der Waals surface area contributed by atoms with E-state index >= 15 is 0 Å². The number of nitrogens with two attached hydrogens (primary N) is 1. The molecule has 0 aliphatic heterocycles. The van der Waals surface area contributed by atoms with E-state index < -0.39 is 5.41 Å². The van der Waals surface area contributed by atoms with Gasteiger partial charge in [0, 0.05) is 47.5 Å². The molecule has 0 saturated carbocycles. The fraction of sp³-hybridized carbons (Fsp3) is 0.238. The molecule has 0 fully saturated rings. The maximum Gasteiger partial charge on any atom is 0.171 e. The van der Waals surface area contributed by atoms with E-state index in [9.17, 15) is 4.79 Å².